The van der Waals surface area contributed by atoms with Gasteiger partial charge in [0.2, 0.25) is 5.91 Å². The summed E-state index contributed by atoms with van der Waals surface area (Å²) in [6.45, 7) is 6.05. The van der Waals surface area contributed by atoms with Crippen molar-refractivity contribution in [1.82, 2.24) is 9.80 Å². The Kier molecular flexibility index (Phi) is 4.87. The molecule has 1 atom stereocenters. The Morgan fingerprint density at radius 3 is 2.67 bits per heavy atom. The van der Waals surface area contributed by atoms with Gasteiger partial charge in [-0.15, -0.1) is 11.6 Å². The fourth-order valence-electron chi connectivity index (χ4n) is 2.11. The van der Waals surface area contributed by atoms with Gasteiger partial charge in [0.15, 0.2) is 0 Å². The molecule has 1 rings (SSSR count). The van der Waals surface area contributed by atoms with Crippen molar-refractivity contribution in [2.45, 2.75) is 38.8 Å². The molecule has 0 saturated carbocycles. The molecule has 1 heterocycles. The molecular weight excluding hydrogens is 212 g/mol. The molecule has 0 radical (unpaired) electrons. The number of nitrogens with zero attached hydrogens (tertiary/aromatic N) is 2. The smallest absolute Gasteiger partial charge is 0.237 e. The quantitative estimate of drug-likeness (QED) is 0.687. The molecule has 0 bridgehead atoms. The highest BCUT2D eigenvalue weighted by molar-refractivity contribution is 6.27. The second-order valence-electron chi connectivity index (χ2n) is 4.55. The Bertz CT molecular complexity index is 221. The second-order valence-corrected chi connectivity index (χ2v) is 4.82. The fourth-order valence-corrected chi connectivity index (χ4v) is 2.27. The fraction of sp³-hybridized carbons (Fsp3) is 0.909. The van der Waals surface area contributed by atoms with Gasteiger partial charge in [0.25, 0.3) is 0 Å². The maximum atomic E-state index is 11.6. The van der Waals surface area contributed by atoms with Crippen molar-refractivity contribution < 1.29 is 4.79 Å². The Hall–Kier alpha value is -0.280. The molecule has 0 aromatic heterocycles. The molecule has 0 N–H and O–H groups in total. The number of carbonyl (C=O) groups is 1. The molecule has 1 amide bonds. The van der Waals surface area contributed by atoms with Crippen molar-refractivity contribution in [3.05, 3.63) is 0 Å². The molecule has 15 heavy (non-hydrogen) atoms. The number of carbonyl (C=O) groups excluding carboxylic acids is 1. The van der Waals surface area contributed by atoms with Crippen LogP contribution >= 0.6 is 11.6 Å². The lowest BCUT2D eigenvalue weighted by Gasteiger charge is -2.31. The standard InChI is InChI=1S/C11H21ClN2O/c1-9(2)14(11(15)7-12)8-10-5-4-6-13(10)3/h9-10H,4-8H2,1-3H3. The van der Waals surface area contributed by atoms with Gasteiger partial charge < -0.3 is 9.80 Å². The summed E-state index contributed by atoms with van der Waals surface area (Å²) in [5, 5.41) is 0. The topological polar surface area (TPSA) is 23.6 Å². The third kappa shape index (κ3) is 3.35. The lowest BCUT2D eigenvalue weighted by Crippen LogP contribution is -2.45. The summed E-state index contributed by atoms with van der Waals surface area (Å²) in [6.07, 6.45) is 2.43. The normalized spacial score (nSPS) is 22.3. The van der Waals surface area contributed by atoms with Gasteiger partial charge in [-0.25, -0.2) is 0 Å². The Balaban J connectivity index is 2.54. The number of halogens is 1. The number of hydrogen-bond donors (Lipinski definition) is 0. The SMILES string of the molecule is CC(C)N(CC1CCCN1C)C(=O)CCl. The first kappa shape index (κ1) is 12.8. The van der Waals surface area contributed by atoms with E-state index in [-0.39, 0.29) is 17.8 Å². The summed E-state index contributed by atoms with van der Waals surface area (Å²) in [4.78, 5) is 15.8. The first-order valence-corrected chi connectivity index (χ1v) is 6.15. The maximum Gasteiger partial charge on any atom is 0.237 e. The zero-order valence-electron chi connectivity index (χ0n) is 9.87. The zero-order valence-corrected chi connectivity index (χ0v) is 10.6. The van der Waals surface area contributed by atoms with Crippen molar-refractivity contribution in [3.8, 4) is 0 Å². The van der Waals surface area contributed by atoms with Crippen molar-refractivity contribution in [1.29, 1.82) is 0 Å². The van der Waals surface area contributed by atoms with Crippen LogP contribution in [0.1, 0.15) is 26.7 Å². The van der Waals surface area contributed by atoms with Crippen LogP contribution in [-0.2, 0) is 4.79 Å². The summed E-state index contributed by atoms with van der Waals surface area (Å²) < 4.78 is 0. The van der Waals surface area contributed by atoms with Gasteiger partial charge in [0.1, 0.15) is 5.88 Å². The number of alkyl halides is 1. The highest BCUT2D eigenvalue weighted by Crippen LogP contribution is 2.17. The van der Waals surface area contributed by atoms with E-state index in [1.807, 2.05) is 18.7 Å². The summed E-state index contributed by atoms with van der Waals surface area (Å²) >= 11 is 5.61. The van der Waals surface area contributed by atoms with E-state index in [9.17, 15) is 4.79 Å². The number of likely N-dealkylation sites (tertiary alicyclic amines) is 1. The monoisotopic (exact) mass is 232 g/mol. The summed E-state index contributed by atoms with van der Waals surface area (Å²) in [5.41, 5.74) is 0. The van der Waals surface area contributed by atoms with Crippen LogP contribution in [0, 0.1) is 0 Å². The summed E-state index contributed by atoms with van der Waals surface area (Å²) in [5.74, 6) is 0.140. The molecule has 1 aliphatic heterocycles. The van der Waals surface area contributed by atoms with E-state index in [4.69, 9.17) is 11.6 Å². The molecule has 0 aromatic carbocycles. The van der Waals surface area contributed by atoms with Crippen LogP contribution in [0.15, 0.2) is 0 Å². The first-order valence-electron chi connectivity index (χ1n) is 5.62. The van der Waals surface area contributed by atoms with Gasteiger partial charge >= 0.3 is 0 Å². The van der Waals surface area contributed by atoms with E-state index in [1.165, 1.54) is 12.8 Å². The molecule has 1 saturated heterocycles. The predicted molar refractivity (Wildman–Crippen MR) is 63.2 cm³/mol. The van der Waals surface area contributed by atoms with Crippen LogP contribution in [0.4, 0.5) is 0 Å². The Labute approximate surface area is 97.4 Å². The lowest BCUT2D eigenvalue weighted by molar-refractivity contribution is -0.130. The van der Waals surface area contributed by atoms with Crippen LogP contribution in [0.2, 0.25) is 0 Å². The average molecular weight is 233 g/mol. The van der Waals surface area contributed by atoms with Crippen molar-refractivity contribution in [2.75, 3.05) is 26.0 Å². The van der Waals surface area contributed by atoms with Gasteiger partial charge in [-0.05, 0) is 40.3 Å². The van der Waals surface area contributed by atoms with Crippen LogP contribution in [0.25, 0.3) is 0 Å². The highest BCUT2D eigenvalue weighted by atomic mass is 35.5. The predicted octanol–water partition coefficient (Wildman–Crippen LogP) is 1.56. The molecular formula is C11H21ClN2O. The van der Waals surface area contributed by atoms with E-state index in [0.717, 1.165) is 13.1 Å². The lowest BCUT2D eigenvalue weighted by atomic mass is 10.2. The van der Waals surface area contributed by atoms with E-state index >= 15 is 0 Å². The minimum Gasteiger partial charge on any atom is -0.338 e. The maximum absolute atomic E-state index is 11.6. The van der Waals surface area contributed by atoms with Crippen LogP contribution < -0.4 is 0 Å². The third-order valence-electron chi connectivity index (χ3n) is 3.14. The van der Waals surface area contributed by atoms with Crippen LogP contribution in [0.3, 0.4) is 0 Å². The molecule has 1 unspecified atom stereocenters. The molecule has 3 nitrogen and oxygen atoms in total. The largest absolute Gasteiger partial charge is 0.338 e. The minimum absolute atomic E-state index is 0.0481. The Morgan fingerprint density at radius 1 is 1.60 bits per heavy atom. The van der Waals surface area contributed by atoms with Gasteiger partial charge in [0, 0.05) is 18.6 Å². The summed E-state index contributed by atoms with van der Waals surface area (Å²) in [6, 6.07) is 0.754. The second kappa shape index (κ2) is 5.71. The summed E-state index contributed by atoms with van der Waals surface area (Å²) in [7, 11) is 2.13. The van der Waals surface area contributed by atoms with E-state index in [2.05, 4.69) is 11.9 Å². The molecule has 1 fully saturated rings. The van der Waals surface area contributed by atoms with Crippen LogP contribution in [-0.4, -0.2) is 53.8 Å². The van der Waals surface area contributed by atoms with E-state index in [0.29, 0.717) is 6.04 Å². The number of likely N-dealkylation sites (N-methyl/N-ethyl adjacent to an activating group) is 1. The first-order chi connectivity index (χ1) is 7.06. The molecule has 0 aliphatic carbocycles. The molecule has 0 spiro atoms. The van der Waals surface area contributed by atoms with E-state index in [1.54, 1.807) is 0 Å². The number of rotatable bonds is 4. The molecule has 1 aliphatic rings. The highest BCUT2D eigenvalue weighted by Gasteiger charge is 2.26. The average Bonchev–Trinajstić information content (AvgIpc) is 2.59. The molecule has 4 heteroatoms. The minimum atomic E-state index is 0.0481. The van der Waals surface area contributed by atoms with Gasteiger partial charge in [-0.3, -0.25) is 4.79 Å². The van der Waals surface area contributed by atoms with Gasteiger partial charge in [-0.2, -0.15) is 0 Å². The Morgan fingerprint density at radius 2 is 2.27 bits per heavy atom. The van der Waals surface area contributed by atoms with Crippen molar-refractivity contribution >= 4 is 17.5 Å². The third-order valence-corrected chi connectivity index (χ3v) is 3.37. The van der Waals surface area contributed by atoms with Gasteiger partial charge in [0.05, 0.1) is 0 Å². The van der Waals surface area contributed by atoms with E-state index < -0.39 is 0 Å². The van der Waals surface area contributed by atoms with Crippen molar-refractivity contribution in [3.63, 3.8) is 0 Å². The zero-order chi connectivity index (χ0) is 11.4. The van der Waals surface area contributed by atoms with Crippen LogP contribution in [0.5, 0.6) is 0 Å². The van der Waals surface area contributed by atoms with Gasteiger partial charge in [-0.1, -0.05) is 0 Å². The molecule has 0 aromatic rings. The molecule has 88 valence electrons. The van der Waals surface area contributed by atoms with Crippen molar-refractivity contribution in [2.24, 2.45) is 0 Å². The number of amides is 1. The number of hydrogen-bond acceptors (Lipinski definition) is 2.